The van der Waals surface area contributed by atoms with E-state index in [9.17, 15) is 13.2 Å². The lowest BCUT2D eigenvalue weighted by Gasteiger charge is -2.32. The Morgan fingerprint density at radius 2 is 1.96 bits per heavy atom. The minimum Gasteiger partial charge on any atom is -0.377 e. The van der Waals surface area contributed by atoms with Gasteiger partial charge in [-0.25, -0.2) is 8.42 Å². The van der Waals surface area contributed by atoms with Crippen LogP contribution >= 0.6 is 0 Å². The summed E-state index contributed by atoms with van der Waals surface area (Å²) in [6.45, 7) is 3.38. The fourth-order valence-electron chi connectivity index (χ4n) is 3.17. The SMILES string of the molecule is COCc1nnc2n1[C@@H](C)CN(C(=O)Cc1ccc(S(C)(=O)=O)cc1)C2. The van der Waals surface area contributed by atoms with Gasteiger partial charge in [-0.05, 0) is 24.6 Å². The maximum Gasteiger partial charge on any atom is 0.227 e. The number of carbonyl (C=O) groups excluding carboxylic acids is 1. The van der Waals surface area contributed by atoms with Crippen LogP contribution < -0.4 is 0 Å². The molecule has 1 aliphatic heterocycles. The Hall–Kier alpha value is -2.26. The maximum atomic E-state index is 12.7. The molecule has 0 bridgehead atoms. The molecule has 1 aliphatic rings. The highest BCUT2D eigenvalue weighted by Crippen LogP contribution is 2.22. The second-order valence-corrected chi connectivity index (χ2v) is 8.57. The Morgan fingerprint density at radius 1 is 1.27 bits per heavy atom. The molecule has 0 saturated carbocycles. The van der Waals surface area contributed by atoms with E-state index in [1.807, 2.05) is 11.5 Å². The van der Waals surface area contributed by atoms with E-state index in [1.54, 1.807) is 24.1 Å². The van der Waals surface area contributed by atoms with Gasteiger partial charge in [0.05, 0.1) is 23.9 Å². The van der Waals surface area contributed by atoms with Gasteiger partial charge in [-0.15, -0.1) is 10.2 Å². The van der Waals surface area contributed by atoms with Crippen molar-refractivity contribution >= 4 is 15.7 Å². The Morgan fingerprint density at radius 3 is 2.58 bits per heavy atom. The number of nitrogens with zero attached hydrogens (tertiary/aromatic N) is 4. The standard InChI is InChI=1S/C17H22N4O4S/c1-12-9-20(10-15-18-19-16(11-25-2)21(12)15)17(22)8-13-4-6-14(7-5-13)26(3,23)24/h4-7,12H,8-11H2,1-3H3/t12-/m0/s1. The van der Waals surface area contributed by atoms with Crippen molar-refractivity contribution < 1.29 is 17.9 Å². The third kappa shape index (κ3) is 3.78. The molecule has 0 spiro atoms. The zero-order valence-electron chi connectivity index (χ0n) is 15.0. The zero-order valence-corrected chi connectivity index (χ0v) is 15.9. The average molecular weight is 378 g/mol. The summed E-state index contributed by atoms with van der Waals surface area (Å²) >= 11 is 0. The van der Waals surface area contributed by atoms with Crippen LogP contribution in [0.3, 0.4) is 0 Å². The first-order chi connectivity index (χ1) is 12.3. The van der Waals surface area contributed by atoms with Crippen molar-refractivity contribution in [3.63, 3.8) is 0 Å². The molecule has 1 aromatic heterocycles. The molecule has 2 heterocycles. The van der Waals surface area contributed by atoms with Crippen LogP contribution in [0.15, 0.2) is 29.2 Å². The number of aromatic nitrogens is 3. The molecule has 8 nitrogen and oxygen atoms in total. The first-order valence-electron chi connectivity index (χ1n) is 8.28. The van der Waals surface area contributed by atoms with Gasteiger partial charge in [0.1, 0.15) is 6.61 Å². The van der Waals surface area contributed by atoms with Crippen molar-refractivity contribution in [1.82, 2.24) is 19.7 Å². The minimum atomic E-state index is -3.24. The molecule has 9 heteroatoms. The van der Waals surface area contributed by atoms with Crippen LogP contribution in [-0.2, 0) is 38.9 Å². The largest absolute Gasteiger partial charge is 0.377 e. The number of hydrogen-bond donors (Lipinski definition) is 0. The molecule has 0 unspecified atom stereocenters. The number of methoxy groups -OCH3 is 1. The number of amides is 1. The molecule has 26 heavy (non-hydrogen) atoms. The van der Waals surface area contributed by atoms with Crippen molar-refractivity contribution in [3.05, 3.63) is 41.5 Å². The van der Waals surface area contributed by atoms with E-state index in [-0.39, 0.29) is 23.3 Å². The van der Waals surface area contributed by atoms with Crippen LogP contribution in [-0.4, -0.2) is 53.9 Å². The van der Waals surface area contributed by atoms with Gasteiger partial charge in [-0.2, -0.15) is 0 Å². The lowest BCUT2D eigenvalue weighted by atomic mass is 10.1. The highest BCUT2D eigenvalue weighted by molar-refractivity contribution is 7.90. The van der Waals surface area contributed by atoms with Crippen LogP contribution in [0.1, 0.15) is 30.2 Å². The number of fused-ring (bicyclic) bond motifs is 1. The summed E-state index contributed by atoms with van der Waals surface area (Å²) in [5.74, 6) is 1.49. The number of sulfone groups is 1. The third-order valence-corrected chi connectivity index (χ3v) is 5.56. The van der Waals surface area contributed by atoms with Crippen LogP contribution in [0, 0.1) is 0 Å². The Kier molecular flexibility index (Phi) is 5.10. The molecule has 0 fully saturated rings. The third-order valence-electron chi connectivity index (χ3n) is 4.43. The van der Waals surface area contributed by atoms with E-state index < -0.39 is 9.84 Å². The van der Waals surface area contributed by atoms with E-state index in [0.29, 0.717) is 19.7 Å². The fourth-order valence-corrected chi connectivity index (χ4v) is 3.80. The average Bonchev–Trinajstić information content (AvgIpc) is 2.98. The van der Waals surface area contributed by atoms with Crippen LogP contribution in [0.5, 0.6) is 0 Å². The normalized spacial score (nSPS) is 17.2. The van der Waals surface area contributed by atoms with Crippen LogP contribution in [0.25, 0.3) is 0 Å². The van der Waals surface area contributed by atoms with Crippen molar-refractivity contribution in [1.29, 1.82) is 0 Å². The molecule has 1 atom stereocenters. The second kappa shape index (κ2) is 7.16. The molecule has 0 saturated heterocycles. The summed E-state index contributed by atoms with van der Waals surface area (Å²) in [5.41, 5.74) is 0.780. The van der Waals surface area contributed by atoms with Crippen molar-refractivity contribution in [3.8, 4) is 0 Å². The number of hydrogen-bond acceptors (Lipinski definition) is 6. The fraction of sp³-hybridized carbons (Fsp3) is 0.471. The van der Waals surface area contributed by atoms with Gasteiger partial charge in [0.25, 0.3) is 0 Å². The maximum absolute atomic E-state index is 12.7. The Bertz CT molecular complexity index is 905. The Labute approximate surface area is 152 Å². The van der Waals surface area contributed by atoms with Gasteiger partial charge in [-0.1, -0.05) is 12.1 Å². The van der Waals surface area contributed by atoms with Crippen molar-refractivity contribution in [2.24, 2.45) is 0 Å². The zero-order chi connectivity index (χ0) is 18.9. The first kappa shape index (κ1) is 18.5. The topological polar surface area (TPSA) is 94.4 Å². The summed E-state index contributed by atoms with van der Waals surface area (Å²) in [6.07, 6.45) is 1.38. The predicted molar refractivity (Wildman–Crippen MR) is 94.1 cm³/mol. The lowest BCUT2D eigenvalue weighted by Crippen LogP contribution is -2.41. The lowest BCUT2D eigenvalue weighted by molar-refractivity contribution is -0.132. The van der Waals surface area contributed by atoms with E-state index in [0.717, 1.165) is 23.5 Å². The van der Waals surface area contributed by atoms with E-state index in [4.69, 9.17) is 4.74 Å². The molecule has 2 aromatic rings. The minimum absolute atomic E-state index is 0.0218. The smallest absolute Gasteiger partial charge is 0.227 e. The monoisotopic (exact) mass is 378 g/mol. The van der Waals surface area contributed by atoms with Gasteiger partial charge in [0.2, 0.25) is 5.91 Å². The van der Waals surface area contributed by atoms with E-state index in [2.05, 4.69) is 10.2 Å². The van der Waals surface area contributed by atoms with Gasteiger partial charge >= 0.3 is 0 Å². The predicted octanol–water partition coefficient (Wildman–Crippen LogP) is 0.974. The number of benzene rings is 1. The number of carbonyl (C=O) groups is 1. The van der Waals surface area contributed by atoms with Crippen LogP contribution in [0.4, 0.5) is 0 Å². The Balaban J connectivity index is 1.71. The molecule has 1 aromatic carbocycles. The van der Waals surface area contributed by atoms with Gasteiger partial charge < -0.3 is 14.2 Å². The second-order valence-electron chi connectivity index (χ2n) is 6.55. The van der Waals surface area contributed by atoms with Crippen molar-refractivity contribution in [2.75, 3.05) is 19.9 Å². The number of rotatable bonds is 5. The molecule has 0 aliphatic carbocycles. The number of ether oxygens (including phenoxy) is 1. The highest BCUT2D eigenvalue weighted by atomic mass is 32.2. The summed E-state index contributed by atoms with van der Waals surface area (Å²) in [5, 5.41) is 8.32. The van der Waals surface area contributed by atoms with Gasteiger partial charge in [0.15, 0.2) is 21.5 Å². The molecule has 0 N–H and O–H groups in total. The van der Waals surface area contributed by atoms with Gasteiger partial charge in [-0.3, -0.25) is 4.79 Å². The quantitative estimate of drug-likeness (QED) is 0.770. The molecule has 140 valence electrons. The van der Waals surface area contributed by atoms with E-state index in [1.165, 1.54) is 12.1 Å². The van der Waals surface area contributed by atoms with E-state index >= 15 is 0 Å². The van der Waals surface area contributed by atoms with Crippen LogP contribution in [0.2, 0.25) is 0 Å². The summed E-state index contributed by atoms with van der Waals surface area (Å²) < 4.78 is 30.2. The molecule has 3 rings (SSSR count). The highest BCUT2D eigenvalue weighted by Gasteiger charge is 2.29. The summed E-state index contributed by atoms with van der Waals surface area (Å²) in [7, 11) is -1.62. The molecular weight excluding hydrogens is 356 g/mol. The summed E-state index contributed by atoms with van der Waals surface area (Å²) in [6, 6.07) is 6.49. The molecular formula is C17H22N4O4S. The summed E-state index contributed by atoms with van der Waals surface area (Å²) in [4.78, 5) is 14.7. The van der Waals surface area contributed by atoms with Gasteiger partial charge in [0, 0.05) is 19.9 Å². The molecule has 0 radical (unpaired) electrons. The first-order valence-corrected chi connectivity index (χ1v) is 10.2. The van der Waals surface area contributed by atoms with Crippen molar-refractivity contribution in [2.45, 2.75) is 37.4 Å². The molecule has 1 amide bonds.